The third kappa shape index (κ3) is 5.71. The second-order valence-electron chi connectivity index (χ2n) is 8.62. The maximum Gasteiger partial charge on any atom is 0.416 e. The molecule has 0 fully saturated rings. The average Bonchev–Trinajstić information content (AvgIpc) is 2.86. The van der Waals surface area contributed by atoms with Crippen molar-refractivity contribution in [1.82, 2.24) is 4.90 Å². The summed E-state index contributed by atoms with van der Waals surface area (Å²) in [6.45, 7) is 0.936. The molecule has 1 atom stereocenters. The van der Waals surface area contributed by atoms with E-state index < -0.39 is 47.6 Å². The topological polar surface area (TPSA) is 46.6 Å². The predicted octanol–water partition coefficient (Wildman–Crippen LogP) is 6.52. The van der Waals surface area contributed by atoms with Gasteiger partial charge in [-0.1, -0.05) is 54.6 Å². The van der Waals surface area contributed by atoms with Crippen molar-refractivity contribution < 1.29 is 36.3 Å². The number of hydrogen-bond donors (Lipinski definition) is 0. The molecule has 1 unspecified atom stereocenters. The minimum absolute atomic E-state index is 0.0137. The molecule has 192 valence electrons. The van der Waals surface area contributed by atoms with E-state index in [0.29, 0.717) is 11.6 Å². The Kier molecular flexibility index (Phi) is 7.42. The highest BCUT2D eigenvalue weighted by Crippen LogP contribution is 2.43. The van der Waals surface area contributed by atoms with Crippen LogP contribution >= 0.6 is 0 Å². The number of benzene rings is 3. The fourth-order valence-electron chi connectivity index (χ4n) is 4.41. The Labute approximate surface area is 210 Å². The lowest BCUT2D eigenvalue weighted by molar-refractivity contribution is -0.143. The molecule has 0 aliphatic carbocycles. The van der Waals surface area contributed by atoms with Crippen LogP contribution in [-0.2, 0) is 33.7 Å². The van der Waals surface area contributed by atoms with Gasteiger partial charge in [0.25, 0.3) is 0 Å². The number of alkyl halides is 3. The molecular weight excluding hydrogens is 493 g/mol. The van der Waals surface area contributed by atoms with Gasteiger partial charge < -0.3 is 9.64 Å². The van der Waals surface area contributed by atoms with Crippen LogP contribution in [0.5, 0.6) is 0 Å². The first-order valence-electron chi connectivity index (χ1n) is 11.4. The molecule has 0 bridgehead atoms. The van der Waals surface area contributed by atoms with Gasteiger partial charge in [0.1, 0.15) is 18.2 Å². The first-order valence-corrected chi connectivity index (χ1v) is 11.4. The normalized spacial score (nSPS) is 16.2. The van der Waals surface area contributed by atoms with Crippen molar-refractivity contribution in [2.45, 2.75) is 38.6 Å². The van der Waals surface area contributed by atoms with Gasteiger partial charge in [-0.15, -0.1) is 0 Å². The van der Waals surface area contributed by atoms with Crippen molar-refractivity contribution in [3.63, 3.8) is 0 Å². The lowest BCUT2D eigenvalue weighted by Gasteiger charge is -2.35. The van der Waals surface area contributed by atoms with Crippen LogP contribution in [0.4, 0.5) is 22.0 Å². The number of hydrogen-bond acceptors (Lipinski definition) is 3. The third-order valence-electron chi connectivity index (χ3n) is 6.24. The quantitative estimate of drug-likeness (QED) is 0.278. The number of allylic oxidation sites excluding steroid dienone is 1. The highest BCUT2D eigenvalue weighted by Gasteiger charge is 2.42. The van der Waals surface area contributed by atoms with Crippen molar-refractivity contribution in [1.29, 1.82) is 0 Å². The van der Waals surface area contributed by atoms with Gasteiger partial charge in [0, 0.05) is 29.7 Å². The molecule has 1 amide bonds. The van der Waals surface area contributed by atoms with Crippen LogP contribution in [0.2, 0.25) is 0 Å². The number of ether oxygens (including phenoxy) is 1. The molecule has 0 radical (unpaired) electrons. The summed E-state index contributed by atoms with van der Waals surface area (Å²) in [6.07, 6.45) is -5.19. The number of carbonyl (C=O) groups excluding carboxylic acids is 2. The van der Waals surface area contributed by atoms with E-state index in [-0.39, 0.29) is 35.5 Å². The standard InChI is InChI=1S/C28H22F5NO3/c1-17-26(27(36)37-16-18-7-3-2-4-8-18)22(21-9-5-6-10-23(21)28(31,32)33)14-25(35)34(17)15-19-11-12-20(29)13-24(19)30/h2-13,22H,14-16H2,1H3. The van der Waals surface area contributed by atoms with Crippen LogP contribution in [0.1, 0.15) is 41.5 Å². The number of rotatable bonds is 6. The number of carbonyl (C=O) groups is 2. The smallest absolute Gasteiger partial charge is 0.416 e. The number of esters is 1. The average molecular weight is 515 g/mol. The fourth-order valence-corrected chi connectivity index (χ4v) is 4.41. The zero-order valence-corrected chi connectivity index (χ0v) is 19.7. The van der Waals surface area contributed by atoms with Crippen molar-refractivity contribution in [2.75, 3.05) is 0 Å². The van der Waals surface area contributed by atoms with E-state index in [2.05, 4.69) is 0 Å². The van der Waals surface area contributed by atoms with Gasteiger partial charge >= 0.3 is 12.1 Å². The van der Waals surface area contributed by atoms with E-state index in [9.17, 15) is 31.5 Å². The van der Waals surface area contributed by atoms with Crippen molar-refractivity contribution in [3.05, 3.63) is 118 Å². The van der Waals surface area contributed by atoms with E-state index in [0.717, 1.165) is 17.0 Å². The minimum Gasteiger partial charge on any atom is -0.457 e. The Morgan fingerprint density at radius 2 is 1.68 bits per heavy atom. The summed E-state index contributed by atoms with van der Waals surface area (Å²) in [5, 5.41) is 0. The SMILES string of the molecule is CC1=C(C(=O)OCc2ccccc2)C(c2ccccc2C(F)(F)F)CC(=O)N1Cc1ccc(F)cc1F. The van der Waals surface area contributed by atoms with E-state index in [1.165, 1.54) is 31.2 Å². The Morgan fingerprint density at radius 3 is 2.35 bits per heavy atom. The molecule has 0 spiro atoms. The number of nitrogens with zero attached hydrogens (tertiary/aromatic N) is 1. The second kappa shape index (κ2) is 10.5. The molecule has 0 N–H and O–H groups in total. The number of amides is 1. The van der Waals surface area contributed by atoms with Gasteiger partial charge in [-0.3, -0.25) is 4.79 Å². The van der Waals surface area contributed by atoms with Crippen LogP contribution in [0.3, 0.4) is 0 Å². The fraction of sp³-hybridized carbons (Fsp3) is 0.214. The lowest BCUT2D eigenvalue weighted by Crippen LogP contribution is -2.38. The molecule has 0 aromatic heterocycles. The molecule has 0 saturated carbocycles. The van der Waals surface area contributed by atoms with E-state index in [1.54, 1.807) is 30.3 Å². The highest BCUT2D eigenvalue weighted by atomic mass is 19.4. The summed E-state index contributed by atoms with van der Waals surface area (Å²) in [5.74, 6) is -4.42. The Balaban J connectivity index is 1.77. The molecule has 4 rings (SSSR count). The van der Waals surface area contributed by atoms with Gasteiger partial charge in [-0.25, -0.2) is 13.6 Å². The lowest BCUT2D eigenvalue weighted by atomic mass is 9.81. The maximum absolute atomic E-state index is 14.3. The Hall–Kier alpha value is -4.01. The zero-order chi connectivity index (χ0) is 26.7. The largest absolute Gasteiger partial charge is 0.457 e. The van der Waals surface area contributed by atoms with Crippen molar-refractivity contribution in [2.24, 2.45) is 0 Å². The number of halogens is 5. The van der Waals surface area contributed by atoms with Crippen molar-refractivity contribution >= 4 is 11.9 Å². The summed E-state index contributed by atoms with van der Waals surface area (Å²) < 4.78 is 74.7. The molecule has 0 saturated heterocycles. The van der Waals surface area contributed by atoms with E-state index >= 15 is 0 Å². The molecule has 37 heavy (non-hydrogen) atoms. The van der Waals surface area contributed by atoms with Crippen LogP contribution in [0.25, 0.3) is 0 Å². The third-order valence-corrected chi connectivity index (χ3v) is 6.24. The summed E-state index contributed by atoms with van der Waals surface area (Å²) in [4.78, 5) is 27.6. The van der Waals surface area contributed by atoms with E-state index in [1.807, 2.05) is 0 Å². The van der Waals surface area contributed by atoms with E-state index in [4.69, 9.17) is 4.74 Å². The van der Waals surface area contributed by atoms with Gasteiger partial charge in [-0.05, 0) is 30.2 Å². The summed E-state index contributed by atoms with van der Waals surface area (Å²) in [7, 11) is 0. The van der Waals surface area contributed by atoms with Crippen LogP contribution in [0, 0.1) is 11.6 Å². The molecule has 9 heteroatoms. The molecule has 3 aromatic carbocycles. The summed E-state index contributed by atoms with van der Waals surface area (Å²) in [6, 6.07) is 16.3. The maximum atomic E-state index is 14.3. The zero-order valence-electron chi connectivity index (χ0n) is 19.7. The molecule has 1 aliphatic rings. The first kappa shape index (κ1) is 26.1. The van der Waals surface area contributed by atoms with Gasteiger partial charge in [0.05, 0.1) is 17.7 Å². The van der Waals surface area contributed by atoms with Crippen molar-refractivity contribution in [3.8, 4) is 0 Å². The monoisotopic (exact) mass is 515 g/mol. The predicted molar refractivity (Wildman–Crippen MR) is 125 cm³/mol. The van der Waals surface area contributed by atoms with Crippen LogP contribution in [0.15, 0.2) is 84.1 Å². The molecule has 1 aliphatic heterocycles. The van der Waals surface area contributed by atoms with Gasteiger partial charge in [-0.2, -0.15) is 13.2 Å². The highest BCUT2D eigenvalue weighted by molar-refractivity contribution is 5.96. The van der Waals surface area contributed by atoms with Gasteiger partial charge in [0.2, 0.25) is 5.91 Å². The second-order valence-corrected chi connectivity index (χ2v) is 8.62. The minimum atomic E-state index is -4.72. The molecular formula is C28H22F5NO3. The Morgan fingerprint density at radius 1 is 1.00 bits per heavy atom. The molecule has 3 aromatic rings. The van der Waals surface area contributed by atoms with Crippen LogP contribution in [-0.4, -0.2) is 16.8 Å². The molecule has 4 nitrogen and oxygen atoms in total. The first-order chi connectivity index (χ1) is 17.6. The summed E-state index contributed by atoms with van der Waals surface area (Å²) in [5.41, 5.74) is -0.637. The van der Waals surface area contributed by atoms with Crippen LogP contribution < -0.4 is 0 Å². The Bertz CT molecular complexity index is 1350. The molecule has 1 heterocycles. The van der Waals surface area contributed by atoms with Gasteiger partial charge in [0.15, 0.2) is 0 Å². The summed E-state index contributed by atoms with van der Waals surface area (Å²) >= 11 is 0.